The number of carboxylic acids is 1. The zero-order valence-corrected chi connectivity index (χ0v) is 11.1. The summed E-state index contributed by atoms with van der Waals surface area (Å²) in [6, 6.07) is 0. The van der Waals surface area contributed by atoms with E-state index < -0.39 is 16.9 Å². The highest BCUT2D eigenvalue weighted by atomic mass is 16.4. The van der Waals surface area contributed by atoms with Crippen molar-refractivity contribution in [2.75, 3.05) is 6.54 Å². The molecule has 94 valence electrons. The SMILES string of the molecule is CCN(C(=O)C(C)(C)CC)C(C)(C)C(=O)O. The third-order valence-corrected chi connectivity index (χ3v) is 3.22. The van der Waals surface area contributed by atoms with E-state index in [2.05, 4.69) is 0 Å². The van der Waals surface area contributed by atoms with Gasteiger partial charge in [-0.25, -0.2) is 4.79 Å². The quantitative estimate of drug-likeness (QED) is 0.785. The molecule has 0 saturated heterocycles. The Morgan fingerprint density at radius 1 is 1.12 bits per heavy atom. The predicted octanol–water partition coefficient (Wildman–Crippen LogP) is 2.13. The summed E-state index contributed by atoms with van der Waals surface area (Å²) >= 11 is 0. The minimum absolute atomic E-state index is 0.107. The molecule has 4 nitrogen and oxygen atoms in total. The fourth-order valence-corrected chi connectivity index (χ4v) is 1.42. The maximum Gasteiger partial charge on any atom is 0.329 e. The van der Waals surface area contributed by atoms with Crippen LogP contribution in [-0.4, -0.2) is 34.0 Å². The number of carbonyl (C=O) groups excluding carboxylic acids is 1. The van der Waals surface area contributed by atoms with Crippen molar-refractivity contribution in [3.63, 3.8) is 0 Å². The average Bonchev–Trinajstić information content (AvgIpc) is 2.18. The molecule has 0 aliphatic heterocycles. The molecule has 0 heterocycles. The number of aliphatic carboxylic acids is 1. The van der Waals surface area contributed by atoms with Crippen LogP contribution in [0.1, 0.15) is 48.0 Å². The van der Waals surface area contributed by atoms with Gasteiger partial charge >= 0.3 is 5.97 Å². The average molecular weight is 229 g/mol. The summed E-state index contributed by atoms with van der Waals surface area (Å²) in [4.78, 5) is 24.8. The first-order valence-electron chi connectivity index (χ1n) is 5.66. The molecule has 0 atom stereocenters. The van der Waals surface area contributed by atoms with Crippen LogP contribution in [0.15, 0.2) is 0 Å². The maximum atomic E-state index is 12.2. The molecule has 1 amide bonds. The fourth-order valence-electron chi connectivity index (χ4n) is 1.42. The number of carbonyl (C=O) groups is 2. The van der Waals surface area contributed by atoms with Crippen LogP contribution in [0, 0.1) is 5.41 Å². The van der Waals surface area contributed by atoms with Gasteiger partial charge < -0.3 is 10.0 Å². The molecule has 16 heavy (non-hydrogen) atoms. The van der Waals surface area contributed by atoms with Crippen LogP contribution in [-0.2, 0) is 9.59 Å². The Kier molecular flexibility index (Phi) is 4.53. The first-order valence-corrected chi connectivity index (χ1v) is 5.66. The van der Waals surface area contributed by atoms with E-state index in [-0.39, 0.29) is 5.91 Å². The van der Waals surface area contributed by atoms with Crippen molar-refractivity contribution < 1.29 is 14.7 Å². The van der Waals surface area contributed by atoms with E-state index in [1.165, 1.54) is 4.90 Å². The van der Waals surface area contributed by atoms with Crippen LogP contribution >= 0.6 is 0 Å². The summed E-state index contributed by atoms with van der Waals surface area (Å²) < 4.78 is 0. The molecule has 0 saturated carbocycles. The Hall–Kier alpha value is -1.06. The van der Waals surface area contributed by atoms with Gasteiger partial charge in [0.15, 0.2) is 0 Å². The summed E-state index contributed by atoms with van der Waals surface area (Å²) in [5.74, 6) is -1.08. The molecular weight excluding hydrogens is 206 g/mol. The lowest BCUT2D eigenvalue weighted by molar-refractivity contribution is -0.160. The van der Waals surface area contributed by atoms with Crippen LogP contribution in [0.4, 0.5) is 0 Å². The van der Waals surface area contributed by atoms with Crippen molar-refractivity contribution in [2.24, 2.45) is 5.41 Å². The van der Waals surface area contributed by atoms with Crippen LogP contribution in [0.3, 0.4) is 0 Å². The van der Waals surface area contributed by atoms with E-state index >= 15 is 0 Å². The van der Waals surface area contributed by atoms with E-state index in [9.17, 15) is 9.59 Å². The number of amides is 1. The summed E-state index contributed by atoms with van der Waals surface area (Å²) in [5.41, 5.74) is -1.67. The minimum atomic E-state index is -1.15. The number of likely N-dealkylation sites (N-methyl/N-ethyl adjacent to an activating group) is 1. The predicted molar refractivity (Wildman–Crippen MR) is 63.2 cm³/mol. The maximum absolute atomic E-state index is 12.2. The number of carboxylic acid groups (broad SMARTS) is 1. The Bertz CT molecular complexity index is 282. The first-order chi connectivity index (χ1) is 7.11. The van der Waals surface area contributed by atoms with Gasteiger partial charge in [0.25, 0.3) is 0 Å². The number of nitrogens with zero attached hydrogens (tertiary/aromatic N) is 1. The Balaban J connectivity index is 5.17. The third-order valence-electron chi connectivity index (χ3n) is 3.22. The summed E-state index contributed by atoms with van der Waals surface area (Å²) in [7, 11) is 0. The highest BCUT2D eigenvalue weighted by Gasteiger charge is 2.41. The van der Waals surface area contributed by atoms with E-state index in [0.717, 1.165) is 0 Å². The van der Waals surface area contributed by atoms with Gasteiger partial charge in [0.05, 0.1) is 0 Å². The molecule has 0 rings (SSSR count). The van der Waals surface area contributed by atoms with Crippen molar-refractivity contribution in [1.29, 1.82) is 0 Å². The molecule has 0 bridgehead atoms. The zero-order valence-electron chi connectivity index (χ0n) is 11.1. The third kappa shape index (κ3) is 2.74. The monoisotopic (exact) mass is 229 g/mol. The van der Waals surface area contributed by atoms with E-state index in [4.69, 9.17) is 5.11 Å². The van der Waals surface area contributed by atoms with Gasteiger partial charge in [-0.05, 0) is 27.2 Å². The molecule has 0 fully saturated rings. The lowest BCUT2D eigenvalue weighted by Gasteiger charge is -2.39. The van der Waals surface area contributed by atoms with Gasteiger partial charge in [0.1, 0.15) is 5.54 Å². The molecule has 0 radical (unpaired) electrons. The second-order valence-corrected chi connectivity index (χ2v) is 5.15. The van der Waals surface area contributed by atoms with Gasteiger partial charge in [-0.15, -0.1) is 0 Å². The Morgan fingerprint density at radius 3 is 1.81 bits per heavy atom. The first kappa shape index (κ1) is 14.9. The second kappa shape index (κ2) is 4.85. The number of rotatable bonds is 5. The van der Waals surface area contributed by atoms with E-state index in [1.807, 2.05) is 20.8 Å². The molecule has 0 aliphatic rings. The molecule has 0 aromatic heterocycles. The van der Waals surface area contributed by atoms with Gasteiger partial charge in [-0.1, -0.05) is 20.8 Å². The molecule has 0 aromatic carbocycles. The Morgan fingerprint density at radius 2 is 1.56 bits per heavy atom. The second-order valence-electron chi connectivity index (χ2n) is 5.15. The van der Waals surface area contributed by atoms with E-state index in [1.54, 1.807) is 20.8 Å². The lowest BCUT2D eigenvalue weighted by Crippen LogP contribution is -2.56. The largest absolute Gasteiger partial charge is 0.480 e. The smallest absolute Gasteiger partial charge is 0.329 e. The zero-order chi connectivity index (χ0) is 13.1. The van der Waals surface area contributed by atoms with Gasteiger partial charge in [0, 0.05) is 12.0 Å². The fraction of sp³-hybridized carbons (Fsp3) is 0.833. The highest BCUT2D eigenvalue weighted by Crippen LogP contribution is 2.27. The minimum Gasteiger partial charge on any atom is -0.480 e. The molecule has 4 heteroatoms. The normalized spacial score (nSPS) is 12.4. The molecule has 0 aromatic rings. The van der Waals surface area contributed by atoms with Gasteiger partial charge in [-0.3, -0.25) is 4.79 Å². The van der Waals surface area contributed by atoms with Gasteiger partial charge in [0.2, 0.25) is 5.91 Å². The highest BCUT2D eigenvalue weighted by molar-refractivity contribution is 5.89. The summed E-state index contributed by atoms with van der Waals surface area (Å²) in [6.45, 7) is 10.9. The molecule has 0 aliphatic carbocycles. The van der Waals surface area contributed by atoms with Crippen molar-refractivity contribution in [2.45, 2.75) is 53.5 Å². The molecule has 0 unspecified atom stereocenters. The van der Waals surface area contributed by atoms with Crippen molar-refractivity contribution in [1.82, 2.24) is 4.90 Å². The van der Waals surface area contributed by atoms with Crippen molar-refractivity contribution in [3.05, 3.63) is 0 Å². The van der Waals surface area contributed by atoms with Crippen LogP contribution in [0.5, 0.6) is 0 Å². The van der Waals surface area contributed by atoms with Crippen LogP contribution in [0.25, 0.3) is 0 Å². The summed E-state index contributed by atoms with van der Waals surface area (Å²) in [5, 5.41) is 9.14. The molecule has 0 spiro atoms. The Labute approximate surface area is 97.6 Å². The topological polar surface area (TPSA) is 57.6 Å². The van der Waals surface area contributed by atoms with E-state index in [0.29, 0.717) is 13.0 Å². The number of hydrogen-bond acceptors (Lipinski definition) is 2. The van der Waals surface area contributed by atoms with Crippen molar-refractivity contribution in [3.8, 4) is 0 Å². The summed E-state index contributed by atoms with van der Waals surface area (Å²) in [6.07, 6.45) is 0.692. The van der Waals surface area contributed by atoms with Crippen LogP contribution in [0.2, 0.25) is 0 Å². The van der Waals surface area contributed by atoms with Crippen LogP contribution < -0.4 is 0 Å². The lowest BCUT2D eigenvalue weighted by atomic mass is 9.86. The standard InChI is InChI=1S/C12H23NO3/c1-7-11(3,4)9(14)13(8-2)12(5,6)10(15)16/h7-8H2,1-6H3,(H,15,16). The number of hydrogen-bond donors (Lipinski definition) is 1. The molecular formula is C12H23NO3. The van der Waals surface area contributed by atoms with Crippen molar-refractivity contribution >= 4 is 11.9 Å². The van der Waals surface area contributed by atoms with Gasteiger partial charge in [-0.2, -0.15) is 0 Å². The molecule has 1 N–H and O–H groups in total.